The minimum Gasteiger partial charge on any atom is -0.369 e. The predicted octanol–water partition coefficient (Wildman–Crippen LogP) is 1.84. The van der Waals surface area contributed by atoms with Gasteiger partial charge >= 0.3 is 5.69 Å². The largest absolute Gasteiger partial charge is 0.369 e. The van der Waals surface area contributed by atoms with Crippen molar-refractivity contribution in [1.29, 1.82) is 0 Å². The summed E-state index contributed by atoms with van der Waals surface area (Å²) in [5.74, 6) is -0.295. The van der Waals surface area contributed by atoms with Crippen molar-refractivity contribution in [2.24, 2.45) is 14.1 Å². The normalized spacial score (nSPS) is 15.9. The van der Waals surface area contributed by atoms with Gasteiger partial charge in [-0.2, -0.15) is 4.31 Å². The lowest BCUT2D eigenvalue weighted by Gasteiger charge is -2.35. The van der Waals surface area contributed by atoms with Crippen LogP contribution in [0.3, 0.4) is 0 Å². The molecule has 0 unspecified atom stereocenters. The van der Waals surface area contributed by atoms with E-state index in [9.17, 15) is 17.6 Å². The van der Waals surface area contributed by atoms with Crippen LogP contribution < -0.4 is 10.6 Å². The lowest BCUT2D eigenvalue weighted by molar-refractivity contribution is 0.384. The molecule has 2 heterocycles. The zero-order valence-corrected chi connectivity index (χ0v) is 17.4. The quantitative estimate of drug-likeness (QED) is 0.651. The smallest absolute Gasteiger partial charge is 0.328 e. The van der Waals surface area contributed by atoms with Crippen molar-refractivity contribution < 1.29 is 12.8 Å². The summed E-state index contributed by atoms with van der Waals surface area (Å²) < 4.78 is 44.2. The van der Waals surface area contributed by atoms with Crippen LogP contribution in [0, 0.1) is 12.7 Å². The first-order valence-electron chi connectivity index (χ1n) is 9.37. The number of halogens is 1. The second kappa shape index (κ2) is 7.00. The number of aromatic nitrogens is 2. The zero-order valence-electron chi connectivity index (χ0n) is 16.6. The lowest BCUT2D eigenvalue weighted by atomic mass is 10.2. The van der Waals surface area contributed by atoms with Crippen LogP contribution in [0.4, 0.5) is 10.1 Å². The summed E-state index contributed by atoms with van der Waals surface area (Å²) in [5.41, 5.74) is 2.59. The third-order valence-corrected chi connectivity index (χ3v) is 7.66. The Morgan fingerprint density at radius 2 is 1.45 bits per heavy atom. The Balaban J connectivity index is 1.62. The molecule has 1 aliphatic rings. The molecule has 4 rings (SSSR count). The second-order valence-electron chi connectivity index (χ2n) is 7.37. The number of rotatable bonds is 3. The van der Waals surface area contributed by atoms with Crippen LogP contribution in [0.2, 0.25) is 0 Å². The second-order valence-corrected chi connectivity index (χ2v) is 9.28. The van der Waals surface area contributed by atoms with Crippen LogP contribution in [0.5, 0.6) is 0 Å². The highest BCUT2D eigenvalue weighted by molar-refractivity contribution is 7.89. The molecule has 0 atom stereocenters. The average molecular weight is 418 g/mol. The topological polar surface area (TPSA) is 67.6 Å². The van der Waals surface area contributed by atoms with Crippen molar-refractivity contribution in [1.82, 2.24) is 13.4 Å². The molecular weight excluding hydrogens is 395 g/mol. The van der Waals surface area contributed by atoms with Gasteiger partial charge in [0.1, 0.15) is 5.82 Å². The first-order valence-corrected chi connectivity index (χ1v) is 10.8. The van der Waals surface area contributed by atoms with Crippen LogP contribution in [-0.2, 0) is 24.1 Å². The first-order chi connectivity index (χ1) is 13.7. The fourth-order valence-corrected chi connectivity index (χ4v) is 5.53. The maximum absolute atomic E-state index is 13.3. The van der Waals surface area contributed by atoms with E-state index in [0.717, 1.165) is 5.69 Å². The first kappa shape index (κ1) is 19.7. The summed E-state index contributed by atoms with van der Waals surface area (Å²) in [7, 11) is -0.384. The zero-order chi connectivity index (χ0) is 20.9. The van der Waals surface area contributed by atoms with Gasteiger partial charge in [-0.3, -0.25) is 9.13 Å². The Morgan fingerprint density at radius 1 is 0.897 bits per heavy atom. The molecule has 0 N–H and O–H groups in total. The van der Waals surface area contributed by atoms with Crippen molar-refractivity contribution in [3.05, 3.63) is 58.3 Å². The molecule has 2 aromatic carbocycles. The highest BCUT2D eigenvalue weighted by atomic mass is 32.2. The molecule has 9 heteroatoms. The Labute approximate surface area is 168 Å². The van der Waals surface area contributed by atoms with Crippen LogP contribution in [-0.4, -0.2) is 48.0 Å². The van der Waals surface area contributed by atoms with Crippen molar-refractivity contribution >= 4 is 26.7 Å². The Bertz CT molecular complexity index is 1240. The maximum atomic E-state index is 13.3. The molecule has 1 saturated heterocycles. The summed E-state index contributed by atoms with van der Waals surface area (Å²) in [5, 5.41) is 0. The van der Waals surface area contributed by atoms with Crippen LogP contribution >= 0.6 is 0 Å². The van der Waals surface area contributed by atoms with Gasteiger partial charge < -0.3 is 4.90 Å². The van der Waals surface area contributed by atoms with Crippen LogP contribution in [0.25, 0.3) is 11.0 Å². The molecule has 0 spiro atoms. The number of nitrogens with zero attached hydrogens (tertiary/aromatic N) is 4. The number of imidazole rings is 1. The minimum atomic E-state index is -3.69. The Morgan fingerprint density at radius 3 is 2.03 bits per heavy atom. The summed E-state index contributed by atoms with van der Waals surface area (Å²) in [6.45, 7) is 3.47. The van der Waals surface area contributed by atoms with E-state index < -0.39 is 10.0 Å². The van der Waals surface area contributed by atoms with E-state index >= 15 is 0 Å². The van der Waals surface area contributed by atoms with Crippen LogP contribution in [0.15, 0.2) is 46.1 Å². The molecule has 0 saturated carbocycles. The standard InChI is InChI=1S/C20H23FN4O3S/c1-14-12-17-18(23(3)20(26)22(17)2)13-19(14)29(27,28)25-10-8-24(9-11-25)16-6-4-15(21)5-7-16/h4-7,12-13H,8-11H2,1-3H3. The summed E-state index contributed by atoms with van der Waals surface area (Å²) >= 11 is 0. The number of anilines is 1. The molecule has 1 aromatic heterocycles. The molecule has 1 aliphatic heterocycles. The highest BCUT2D eigenvalue weighted by Gasteiger charge is 2.30. The average Bonchev–Trinajstić information content (AvgIpc) is 2.91. The molecule has 29 heavy (non-hydrogen) atoms. The monoisotopic (exact) mass is 418 g/mol. The van der Waals surface area contributed by atoms with Gasteiger partial charge in [0.05, 0.1) is 15.9 Å². The number of sulfonamides is 1. The Hall–Kier alpha value is -2.65. The van der Waals surface area contributed by atoms with Gasteiger partial charge in [0, 0.05) is 46.0 Å². The van der Waals surface area contributed by atoms with Gasteiger partial charge in [-0.25, -0.2) is 17.6 Å². The lowest BCUT2D eigenvalue weighted by Crippen LogP contribution is -2.48. The van der Waals surface area contributed by atoms with Gasteiger partial charge in [0.2, 0.25) is 10.0 Å². The van der Waals surface area contributed by atoms with Gasteiger partial charge in [-0.05, 0) is 48.9 Å². The SMILES string of the molecule is Cc1cc2c(cc1S(=O)(=O)N1CCN(c3ccc(F)cc3)CC1)n(C)c(=O)n2C. The fourth-order valence-electron chi connectivity index (χ4n) is 3.89. The number of hydrogen-bond acceptors (Lipinski definition) is 4. The van der Waals surface area contributed by atoms with E-state index in [1.165, 1.54) is 25.6 Å². The van der Waals surface area contributed by atoms with E-state index in [0.29, 0.717) is 42.8 Å². The van der Waals surface area contributed by atoms with Crippen LogP contribution in [0.1, 0.15) is 5.56 Å². The molecule has 0 amide bonds. The molecule has 7 nitrogen and oxygen atoms in total. The number of piperazine rings is 1. The minimum absolute atomic E-state index is 0.193. The van der Waals surface area contributed by atoms with Gasteiger partial charge in [-0.15, -0.1) is 0 Å². The molecule has 0 aliphatic carbocycles. The number of fused-ring (bicyclic) bond motifs is 1. The van der Waals surface area contributed by atoms with Gasteiger partial charge in [0.15, 0.2) is 0 Å². The van der Waals surface area contributed by atoms with Crippen molar-refractivity contribution in [2.45, 2.75) is 11.8 Å². The van der Waals surface area contributed by atoms with E-state index in [2.05, 4.69) is 0 Å². The number of hydrogen-bond donors (Lipinski definition) is 0. The summed E-state index contributed by atoms with van der Waals surface area (Å²) in [4.78, 5) is 14.5. The number of benzene rings is 2. The molecule has 1 fully saturated rings. The number of aryl methyl sites for hydroxylation is 3. The summed E-state index contributed by atoms with van der Waals surface area (Å²) in [6.07, 6.45) is 0. The molecule has 0 bridgehead atoms. The third-order valence-electron chi connectivity index (χ3n) is 5.62. The molecule has 3 aromatic rings. The highest BCUT2D eigenvalue weighted by Crippen LogP contribution is 2.27. The third kappa shape index (κ3) is 3.24. The molecule has 0 radical (unpaired) electrons. The van der Waals surface area contributed by atoms with Crippen molar-refractivity contribution in [3.63, 3.8) is 0 Å². The van der Waals surface area contributed by atoms with Gasteiger partial charge in [0.25, 0.3) is 0 Å². The van der Waals surface area contributed by atoms with E-state index in [1.807, 2.05) is 4.90 Å². The van der Waals surface area contributed by atoms with Gasteiger partial charge in [-0.1, -0.05) is 0 Å². The van der Waals surface area contributed by atoms with E-state index in [1.54, 1.807) is 45.3 Å². The predicted molar refractivity (Wildman–Crippen MR) is 110 cm³/mol. The fraction of sp³-hybridized carbons (Fsp3) is 0.350. The molecular formula is C20H23FN4O3S. The molecule has 154 valence electrons. The maximum Gasteiger partial charge on any atom is 0.328 e. The van der Waals surface area contributed by atoms with E-state index in [4.69, 9.17) is 0 Å². The van der Waals surface area contributed by atoms with E-state index in [-0.39, 0.29) is 16.4 Å². The Kier molecular flexibility index (Phi) is 4.74. The van der Waals surface area contributed by atoms with Crippen molar-refractivity contribution in [2.75, 3.05) is 31.1 Å². The van der Waals surface area contributed by atoms with Crippen molar-refractivity contribution in [3.8, 4) is 0 Å². The summed E-state index contributed by atoms with van der Waals surface area (Å²) in [6, 6.07) is 9.55.